The molecule has 5 heteroatoms. The first-order valence-corrected chi connectivity index (χ1v) is 6.94. The van der Waals surface area contributed by atoms with Gasteiger partial charge in [-0.25, -0.2) is 4.98 Å². The van der Waals surface area contributed by atoms with E-state index < -0.39 is 0 Å². The molecule has 2 N–H and O–H groups in total. The van der Waals surface area contributed by atoms with Gasteiger partial charge in [-0.15, -0.1) is 10.2 Å². The lowest BCUT2D eigenvalue weighted by Crippen LogP contribution is -2.48. The Bertz CT molecular complexity index is 600. The zero-order valence-electron chi connectivity index (χ0n) is 10.7. The van der Waals surface area contributed by atoms with E-state index in [1.165, 1.54) is 12.8 Å². The lowest BCUT2D eigenvalue weighted by atomic mass is 9.99. The van der Waals surface area contributed by atoms with Crippen LogP contribution in [0.2, 0.25) is 0 Å². The van der Waals surface area contributed by atoms with Gasteiger partial charge in [0.25, 0.3) is 0 Å². The van der Waals surface area contributed by atoms with Crippen molar-refractivity contribution in [2.75, 3.05) is 4.90 Å². The highest BCUT2D eigenvalue weighted by Crippen LogP contribution is 2.37. The molecule has 0 aliphatic carbocycles. The second kappa shape index (κ2) is 4.13. The first-order valence-electron chi connectivity index (χ1n) is 6.94. The summed E-state index contributed by atoms with van der Waals surface area (Å²) in [6.45, 7) is 0. The first-order chi connectivity index (χ1) is 9.31. The monoisotopic (exact) mass is 255 g/mol. The third-order valence-electron chi connectivity index (χ3n) is 4.35. The van der Waals surface area contributed by atoms with Crippen LogP contribution >= 0.6 is 0 Å². The number of para-hydroxylation sites is 1. The number of anilines is 1. The summed E-state index contributed by atoms with van der Waals surface area (Å²) in [6.07, 6.45) is 4.50. The van der Waals surface area contributed by atoms with E-state index in [2.05, 4.69) is 20.1 Å². The van der Waals surface area contributed by atoms with Crippen molar-refractivity contribution in [1.29, 1.82) is 0 Å². The summed E-state index contributed by atoms with van der Waals surface area (Å²) in [6, 6.07) is 9.21. The Morgan fingerprint density at radius 1 is 1.00 bits per heavy atom. The van der Waals surface area contributed by atoms with E-state index in [-0.39, 0.29) is 0 Å². The molecule has 2 aromatic rings. The Morgan fingerprint density at radius 2 is 1.68 bits per heavy atom. The second-order valence-corrected chi connectivity index (χ2v) is 5.62. The molecule has 1 aromatic carbocycles. The molecule has 2 atom stereocenters. The summed E-state index contributed by atoms with van der Waals surface area (Å²) < 4.78 is 0. The topological polar surface area (TPSA) is 67.9 Å². The van der Waals surface area contributed by atoms with Crippen LogP contribution in [0.1, 0.15) is 25.7 Å². The molecule has 0 saturated carbocycles. The zero-order valence-corrected chi connectivity index (χ0v) is 10.7. The van der Waals surface area contributed by atoms with Gasteiger partial charge in [0, 0.05) is 18.1 Å². The predicted molar refractivity (Wildman–Crippen MR) is 73.8 cm³/mol. The van der Waals surface area contributed by atoms with E-state index in [0.717, 1.165) is 29.8 Å². The number of hydrogen-bond donors (Lipinski definition) is 1. The number of piperidine rings is 1. The van der Waals surface area contributed by atoms with Gasteiger partial charge < -0.3 is 10.6 Å². The molecule has 1 aromatic heterocycles. The predicted octanol–water partition coefficient (Wildman–Crippen LogP) is 1.48. The van der Waals surface area contributed by atoms with E-state index >= 15 is 0 Å². The van der Waals surface area contributed by atoms with Gasteiger partial charge in [-0.3, -0.25) is 0 Å². The van der Waals surface area contributed by atoms with Crippen molar-refractivity contribution in [3.63, 3.8) is 0 Å². The molecule has 98 valence electrons. The lowest BCUT2D eigenvalue weighted by Gasteiger charge is -2.37. The largest absolute Gasteiger partial charge is 0.333 e. The average Bonchev–Trinajstić information content (AvgIpc) is 2.70. The van der Waals surface area contributed by atoms with Crippen LogP contribution in [0, 0.1) is 0 Å². The Kier molecular flexibility index (Phi) is 2.41. The van der Waals surface area contributed by atoms with Crippen LogP contribution < -0.4 is 10.6 Å². The fourth-order valence-corrected chi connectivity index (χ4v) is 3.53. The zero-order chi connectivity index (χ0) is 12.8. The number of rotatable bonds is 1. The second-order valence-electron chi connectivity index (χ2n) is 5.62. The summed E-state index contributed by atoms with van der Waals surface area (Å²) in [5.74, 6) is 0.776. The fourth-order valence-electron chi connectivity index (χ4n) is 3.53. The number of hydrogen-bond acceptors (Lipinski definition) is 5. The quantitative estimate of drug-likeness (QED) is 0.836. The van der Waals surface area contributed by atoms with Crippen molar-refractivity contribution in [2.45, 2.75) is 43.8 Å². The summed E-state index contributed by atoms with van der Waals surface area (Å²) in [5, 5.41) is 8.61. The van der Waals surface area contributed by atoms with E-state index in [9.17, 15) is 0 Å². The van der Waals surface area contributed by atoms with Gasteiger partial charge in [0.15, 0.2) is 0 Å². The molecule has 2 unspecified atom stereocenters. The Labute approximate surface area is 111 Å². The molecule has 0 radical (unpaired) electrons. The minimum absolute atomic E-state index is 0.335. The van der Waals surface area contributed by atoms with Crippen LogP contribution in [0.15, 0.2) is 24.3 Å². The van der Waals surface area contributed by atoms with Crippen molar-refractivity contribution >= 4 is 17.0 Å². The molecule has 2 aliphatic rings. The Hall–Kier alpha value is -1.75. The molecule has 4 rings (SSSR count). The fraction of sp³-hybridized carbons (Fsp3) is 0.500. The number of fused-ring (bicyclic) bond motifs is 3. The molecule has 0 amide bonds. The van der Waals surface area contributed by atoms with E-state index in [4.69, 9.17) is 5.73 Å². The standard InChI is InChI=1S/C14H17N5/c15-9-7-10-5-6-11(8-9)19(10)14-16-12-3-1-2-4-13(12)17-18-14/h1-4,9-11H,5-8,15H2. The highest BCUT2D eigenvalue weighted by atomic mass is 15.4. The normalized spacial score (nSPS) is 29.9. The minimum atomic E-state index is 0.335. The molecule has 2 aliphatic heterocycles. The van der Waals surface area contributed by atoms with Gasteiger partial charge in [-0.05, 0) is 37.8 Å². The summed E-state index contributed by atoms with van der Waals surface area (Å²) >= 11 is 0. The number of nitrogens with zero attached hydrogens (tertiary/aromatic N) is 4. The van der Waals surface area contributed by atoms with Crippen LogP contribution in [0.5, 0.6) is 0 Å². The number of benzene rings is 1. The first kappa shape index (κ1) is 11.1. The van der Waals surface area contributed by atoms with E-state index in [1.54, 1.807) is 0 Å². The number of aromatic nitrogens is 3. The molecule has 2 fully saturated rings. The Morgan fingerprint density at radius 3 is 2.42 bits per heavy atom. The molecular formula is C14H17N5. The van der Waals surface area contributed by atoms with Gasteiger partial charge in [0.1, 0.15) is 5.52 Å². The summed E-state index contributed by atoms with van der Waals surface area (Å²) in [5.41, 5.74) is 7.88. The summed E-state index contributed by atoms with van der Waals surface area (Å²) in [7, 11) is 0. The maximum Gasteiger partial charge on any atom is 0.246 e. The van der Waals surface area contributed by atoms with Crippen LogP contribution in [0.4, 0.5) is 5.95 Å². The van der Waals surface area contributed by atoms with Gasteiger partial charge in [-0.1, -0.05) is 12.1 Å². The van der Waals surface area contributed by atoms with Gasteiger partial charge >= 0.3 is 0 Å². The highest BCUT2D eigenvalue weighted by Gasteiger charge is 2.41. The third kappa shape index (κ3) is 1.76. The van der Waals surface area contributed by atoms with Crippen molar-refractivity contribution in [1.82, 2.24) is 15.2 Å². The lowest BCUT2D eigenvalue weighted by molar-refractivity contribution is 0.408. The molecule has 3 heterocycles. The SMILES string of the molecule is NC1CC2CCC(C1)N2c1nnc2ccccc2n1. The molecular weight excluding hydrogens is 238 g/mol. The average molecular weight is 255 g/mol. The van der Waals surface area contributed by atoms with E-state index in [0.29, 0.717) is 18.1 Å². The van der Waals surface area contributed by atoms with Crippen LogP contribution in [-0.4, -0.2) is 33.3 Å². The molecule has 2 saturated heterocycles. The number of nitrogens with two attached hydrogens (primary N) is 1. The van der Waals surface area contributed by atoms with Crippen molar-refractivity contribution in [3.05, 3.63) is 24.3 Å². The van der Waals surface area contributed by atoms with Crippen molar-refractivity contribution < 1.29 is 0 Å². The van der Waals surface area contributed by atoms with Crippen LogP contribution in [0.25, 0.3) is 11.0 Å². The highest BCUT2D eigenvalue weighted by molar-refractivity contribution is 5.74. The third-order valence-corrected chi connectivity index (χ3v) is 4.35. The molecule has 5 nitrogen and oxygen atoms in total. The van der Waals surface area contributed by atoms with Crippen molar-refractivity contribution in [2.24, 2.45) is 5.73 Å². The Balaban J connectivity index is 1.74. The van der Waals surface area contributed by atoms with Gasteiger partial charge in [0.2, 0.25) is 5.95 Å². The molecule has 2 bridgehead atoms. The van der Waals surface area contributed by atoms with Gasteiger partial charge in [-0.2, -0.15) is 0 Å². The van der Waals surface area contributed by atoms with Crippen LogP contribution in [-0.2, 0) is 0 Å². The van der Waals surface area contributed by atoms with Crippen molar-refractivity contribution in [3.8, 4) is 0 Å². The van der Waals surface area contributed by atoms with Crippen LogP contribution in [0.3, 0.4) is 0 Å². The maximum atomic E-state index is 6.10. The smallest absolute Gasteiger partial charge is 0.246 e. The summed E-state index contributed by atoms with van der Waals surface area (Å²) in [4.78, 5) is 7.03. The molecule has 19 heavy (non-hydrogen) atoms. The molecule has 0 spiro atoms. The van der Waals surface area contributed by atoms with Gasteiger partial charge in [0.05, 0.1) is 5.52 Å². The minimum Gasteiger partial charge on any atom is -0.333 e. The maximum absolute atomic E-state index is 6.10. The van der Waals surface area contributed by atoms with E-state index in [1.807, 2.05) is 24.3 Å².